The van der Waals surface area contributed by atoms with Gasteiger partial charge in [-0.3, -0.25) is 5.10 Å². The molecule has 0 spiro atoms. The third-order valence-corrected chi connectivity index (χ3v) is 1.82. The van der Waals surface area contributed by atoms with Crippen LogP contribution in [0.1, 0.15) is 32.6 Å². The van der Waals surface area contributed by atoms with Gasteiger partial charge in [-0.2, -0.15) is 5.10 Å². The lowest BCUT2D eigenvalue weighted by Crippen LogP contribution is -2.26. The second kappa shape index (κ2) is 4.21. The summed E-state index contributed by atoms with van der Waals surface area (Å²) in [5.74, 6) is 1.45. The minimum absolute atomic E-state index is 0.289. The SMILES string of the molecule is CCNC(c1ncn[nH]1)C(C)C. The molecule has 0 aliphatic carbocycles. The molecule has 2 N–H and O–H groups in total. The average molecular weight is 168 g/mol. The molecule has 0 aliphatic heterocycles. The molecule has 0 saturated heterocycles. The number of H-pyrrole nitrogens is 1. The summed E-state index contributed by atoms with van der Waals surface area (Å²) in [7, 11) is 0. The van der Waals surface area contributed by atoms with Gasteiger partial charge in [0, 0.05) is 0 Å². The van der Waals surface area contributed by atoms with Crippen molar-refractivity contribution in [2.75, 3.05) is 6.54 Å². The van der Waals surface area contributed by atoms with E-state index < -0.39 is 0 Å². The Hall–Kier alpha value is -0.900. The van der Waals surface area contributed by atoms with E-state index >= 15 is 0 Å². The summed E-state index contributed by atoms with van der Waals surface area (Å²) in [6.45, 7) is 7.36. The zero-order chi connectivity index (χ0) is 8.97. The predicted octanol–water partition coefficient (Wildman–Crippen LogP) is 1.11. The van der Waals surface area contributed by atoms with Gasteiger partial charge >= 0.3 is 0 Å². The number of rotatable bonds is 4. The smallest absolute Gasteiger partial charge is 0.141 e. The van der Waals surface area contributed by atoms with Crippen LogP contribution in [-0.2, 0) is 0 Å². The number of aromatic amines is 1. The molecule has 0 aliphatic rings. The first kappa shape index (κ1) is 9.19. The van der Waals surface area contributed by atoms with Gasteiger partial charge in [0.1, 0.15) is 12.2 Å². The van der Waals surface area contributed by atoms with Crippen LogP contribution in [0, 0.1) is 5.92 Å². The van der Waals surface area contributed by atoms with E-state index in [9.17, 15) is 0 Å². The van der Waals surface area contributed by atoms with Crippen molar-refractivity contribution in [3.63, 3.8) is 0 Å². The second-order valence-electron chi connectivity index (χ2n) is 3.15. The summed E-state index contributed by atoms with van der Waals surface area (Å²) in [5.41, 5.74) is 0. The molecule has 0 aromatic carbocycles. The van der Waals surface area contributed by atoms with E-state index in [0.717, 1.165) is 12.4 Å². The highest BCUT2D eigenvalue weighted by Gasteiger charge is 2.16. The third-order valence-electron chi connectivity index (χ3n) is 1.82. The molecule has 1 heterocycles. The van der Waals surface area contributed by atoms with E-state index in [1.54, 1.807) is 6.33 Å². The molecule has 4 nitrogen and oxygen atoms in total. The molecule has 1 aromatic rings. The monoisotopic (exact) mass is 168 g/mol. The van der Waals surface area contributed by atoms with Gasteiger partial charge in [0.25, 0.3) is 0 Å². The average Bonchev–Trinajstić information content (AvgIpc) is 2.51. The van der Waals surface area contributed by atoms with Crippen LogP contribution in [0.2, 0.25) is 0 Å². The lowest BCUT2D eigenvalue weighted by molar-refractivity contribution is 0.404. The van der Waals surface area contributed by atoms with Crippen LogP contribution in [0.5, 0.6) is 0 Å². The molecule has 0 radical (unpaired) electrons. The Morgan fingerprint density at radius 2 is 2.33 bits per heavy atom. The zero-order valence-corrected chi connectivity index (χ0v) is 7.83. The Bertz CT molecular complexity index is 205. The lowest BCUT2D eigenvalue weighted by Gasteiger charge is -2.18. The topological polar surface area (TPSA) is 53.6 Å². The Labute approximate surface area is 72.8 Å². The van der Waals surface area contributed by atoms with E-state index in [4.69, 9.17) is 0 Å². The molecule has 1 unspecified atom stereocenters. The molecule has 0 fully saturated rings. The predicted molar refractivity (Wildman–Crippen MR) is 47.6 cm³/mol. The summed E-state index contributed by atoms with van der Waals surface area (Å²) < 4.78 is 0. The highest BCUT2D eigenvalue weighted by Crippen LogP contribution is 2.16. The van der Waals surface area contributed by atoms with Gasteiger partial charge in [-0.25, -0.2) is 4.98 Å². The third kappa shape index (κ3) is 2.04. The Kier molecular flexibility index (Phi) is 3.22. The van der Waals surface area contributed by atoms with Crippen LogP contribution in [0.3, 0.4) is 0 Å². The van der Waals surface area contributed by atoms with Crippen molar-refractivity contribution < 1.29 is 0 Å². The van der Waals surface area contributed by atoms with Gasteiger partial charge in [-0.15, -0.1) is 0 Å². The first-order valence-electron chi connectivity index (χ1n) is 4.34. The Balaban J connectivity index is 2.66. The first-order valence-corrected chi connectivity index (χ1v) is 4.34. The summed E-state index contributed by atoms with van der Waals surface area (Å²) >= 11 is 0. The van der Waals surface area contributed by atoms with Crippen molar-refractivity contribution >= 4 is 0 Å². The lowest BCUT2D eigenvalue weighted by atomic mass is 10.0. The highest BCUT2D eigenvalue weighted by atomic mass is 15.2. The van der Waals surface area contributed by atoms with Gasteiger partial charge in [-0.05, 0) is 12.5 Å². The van der Waals surface area contributed by atoms with E-state index in [2.05, 4.69) is 41.3 Å². The minimum Gasteiger partial charge on any atom is -0.307 e. The number of hydrogen-bond acceptors (Lipinski definition) is 3. The summed E-state index contributed by atoms with van der Waals surface area (Å²) in [4.78, 5) is 4.13. The van der Waals surface area contributed by atoms with Gasteiger partial charge in [0.2, 0.25) is 0 Å². The normalized spacial score (nSPS) is 13.7. The van der Waals surface area contributed by atoms with Crippen molar-refractivity contribution in [2.24, 2.45) is 5.92 Å². The fraction of sp³-hybridized carbons (Fsp3) is 0.750. The molecule has 1 atom stereocenters. The van der Waals surface area contributed by atoms with Crippen LogP contribution in [0.25, 0.3) is 0 Å². The van der Waals surface area contributed by atoms with Gasteiger partial charge in [-0.1, -0.05) is 20.8 Å². The maximum atomic E-state index is 4.13. The van der Waals surface area contributed by atoms with Crippen LogP contribution in [0.15, 0.2) is 6.33 Å². The molecule has 0 bridgehead atoms. The standard InChI is InChI=1S/C8H16N4/c1-4-9-7(6(2)3)8-10-5-11-12-8/h5-7,9H,4H2,1-3H3,(H,10,11,12). The summed E-state index contributed by atoms with van der Waals surface area (Å²) in [5, 5.41) is 10.1. The quantitative estimate of drug-likeness (QED) is 0.708. The molecule has 1 aromatic heterocycles. The Morgan fingerprint density at radius 3 is 2.75 bits per heavy atom. The van der Waals surface area contributed by atoms with E-state index in [1.807, 2.05) is 0 Å². The second-order valence-corrected chi connectivity index (χ2v) is 3.15. The summed E-state index contributed by atoms with van der Waals surface area (Å²) in [6.07, 6.45) is 1.54. The van der Waals surface area contributed by atoms with Crippen molar-refractivity contribution in [1.29, 1.82) is 0 Å². The van der Waals surface area contributed by atoms with Crippen LogP contribution in [0.4, 0.5) is 0 Å². The molecule has 68 valence electrons. The van der Waals surface area contributed by atoms with Crippen molar-refractivity contribution in [2.45, 2.75) is 26.8 Å². The number of nitrogens with zero attached hydrogens (tertiary/aromatic N) is 2. The first-order chi connectivity index (χ1) is 5.75. The number of nitrogens with one attached hydrogen (secondary N) is 2. The van der Waals surface area contributed by atoms with E-state index in [1.165, 1.54) is 0 Å². The molecule has 1 rings (SSSR count). The zero-order valence-electron chi connectivity index (χ0n) is 7.83. The maximum Gasteiger partial charge on any atom is 0.141 e. The Morgan fingerprint density at radius 1 is 1.58 bits per heavy atom. The molecular weight excluding hydrogens is 152 g/mol. The van der Waals surface area contributed by atoms with Crippen LogP contribution >= 0.6 is 0 Å². The van der Waals surface area contributed by atoms with Gasteiger partial charge in [0.05, 0.1) is 6.04 Å². The number of hydrogen-bond donors (Lipinski definition) is 2. The van der Waals surface area contributed by atoms with E-state index in [-0.39, 0.29) is 6.04 Å². The van der Waals surface area contributed by atoms with Gasteiger partial charge in [0.15, 0.2) is 0 Å². The van der Waals surface area contributed by atoms with Crippen molar-refractivity contribution in [3.8, 4) is 0 Å². The largest absolute Gasteiger partial charge is 0.307 e. The summed E-state index contributed by atoms with van der Waals surface area (Å²) in [6, 6.07) is 0.289. The molecule has 0 saturated carbocycles. The number of aromatic nitrogens is 3. The minimum atomic E-state index is 0.289. The molecular formula is C8H16N4. The fourth-order valence-corrected chi connectivity index (χ4v) is 1.23. The van der Waals surface area contributed by atoms with E-state index in [0.29, 0.717) is 5.92 Å². The molecule has 12 heavy (non-hydrogen) atoms. The molecule has 4 heteroatoms. The van der Waals surface area contributed by atoms with Crippen molar-refractivity contribution in [1.82, 2.24) is 20.5 Å². The van der Waals surface area contributed by atoms with Crippen LogP contribution in [-0.4, -0.2) is 21.7 Å². The highest BCUT2D eigenvalue weighted by molar-refractivity contribution is 4.92. The van der Waals surface area contributed by atoms with Crippen molar-refractivity contribution in [3.05, 3.63) is 12.2 Å². The van der Waals surface area contributed by atoms with Gasteiger partial charge < -0.3 is 5.32 Å². The molecule has 0 amide bonds. The van der Waals surface area contributed by atoms with Crippen LogP contribution < -0.4 is 5.32 Å². The maximum absolute atomic E-state index is 4.13. The fourth-order valence-electron chi connectivity index (χ4n) is 1.23.